The second-order valence-corrected chi connectivity index (χ2v) is 5.02. The molecule has 1 aromatic rings. The number of methoxy groups -OCH3 is 1. The van der Waals surface area contributed by atoms with Crippen LogP contribution < -0.4 is 4.74 Å². The van der Waals surface area contributed by atoms with Crippen molar-refractivity contribution in [3.63, 3.8) is 0 Å². The van der Waals surface area contributed by atoms with Crippen LogP contribution in [-0.4, -0.2) is 31.0 Å². The van der Waals surface area contributed by atoms with Crippen molar-refractivity contribution in [2.75, 3.05) is 13.7 Å². The average Bonchev–Trinajstić information content (AvgIpc) is 2.42. The third-order valence-corrected chi connectivity index (χ3v) is 3.53. The highest BCUT2D eigenvalue weighted by Crippen LogP contribution is 2.23. The van der Waals surface area contributed by atoms with Gasteiger partial charge in [-0.2, -0.15) is 0 Å². The molecule has 106 valence electrons. The van der Waals surface area contributed by atoms with Gasteiger partial charge in [-0.3, -0.25) is 0 Å². The first-order valence-corrected chi connectivity index (χ1v) is 6.81. The van der Waals surface area contributed by atoms with Gasteiger partial charge in [0.15, 0.2) is 11.6 Å². The van der Waals surface area contributed by atoms with Crippen LogP contribution >= 0.6 is 0 Å². The molecule has 1 aliphatic heterocycles. The Kier molecular flexibility index (Phi) is 5.16. The first-order valence-electron chi connectivity index (χ1n) is 6.81. The minimum atomic E-state index is -0.579. The van der Waals surface area contributed by atoms with Crippen molar-refractivity contribution in [2.24, 2.45) is 0 Å². The van der Waals surface area contributed by atoms with Crippen LogP contribution in [0.5, 0.6) is 5.75 Å². The quantitative estimate of drug-likeness (QED) is 0.892. The fourth-order valence-electron chi connectivity index (χ4n) is 2.51. The number of rotatable bonds is 5. The van der Waals surface area contributed by atoms with Gasteiger partial charge in [0.25, 0.3) is 0 Å². The van der Waals surface area contributed by atoms with E-state index in [4.69, 9.17) is 9.47 Å². The summed E-state index contributed by atoms with van der Waals surface area (Å²) in [6.07, 6.45) is 3.61. The fourth-order valence-corrected chi connectivity index (χ4v) is 2.51. The van der Waals surface area contributed by atoms with Gasteiger partial charge in [0, 0.05) is 13.0 Å². The molecule has 1 N–H and O–H groups in total. The lowest BCUT2D eigenvalue weighted by atomic mass is 9.98. The summed E-state index contributed by atoms with van der Waals surface area (Å²) < 4.78 is 24.5. The fraction of sp³-hybridized carbons (Fsp3) is 0.600. The molecule has 19 heavy (non-hydrogen) atoms. The molecule has 1 fully saturated rings. The molecule has 0 amide bonds. The Labute approximate surface area is 113 Å². The Morgan fingerprint density at radius 3 is 3.00 bits per heavy atom. The Balaban J connectivity index is 1.92. The number of hydrogen-bond acceptors (Lipinski definition) is 3. The summed E-state index contributed by atoms with van der Waals surface area (Å²) in [6.45, 7) is 0.769. The standard InChI is InChI=1S/C15H21FO3/c1-18-14-7-4-5-11(15(14)16)9-12(17)10-13-6-2-3-8-19-13/h4-5,7,12-13,17H,2-3,6,8-10H2,1H3. The molecule has 1 aromatic carbocycles. The molecule has 0 spiro atoms. The van der Waals surface area contributed by atoms with Crippen molar-refractivity contribution in [3.05, 3.63) is 29.6 Å². The van der Waals surface area contributed by atoms with E-state index in [2.05, 4.69) is 0 Å². The molecule has 2 unspecified atom stereocenters. The topological polar surface area (TPSA) is 38.7 Å². The molecular weight excluding hydrogens is 247 g/mol. The molecule has 1 heterocycles. The SMILES string of the molecule is COc1cccc(CC(O)CC2CCCCO2)c1F. The molecule has 0 saturated carbocycles. The highest BCUT2D eigenvalue weighted by Gasteiger charge is 2.20. The smallest absolute Gasteiger partial charge is 0.168 e. The molecule has 4 heteroatoms. The lowest BCUT2D eigenvalue weighted by molar-refractivity contribution is -0.0149. The van der Waals surface area contributed by atoms with Crippen LogP contribution in [0.1, 0.15) is 31.2 Å². The maximum Gasteiger partial charge on any atom is 0.168 e. The number of ether oxygens (including phenoxy) is 2. The van der Waals surface area contributed by atoms with Crippen molar-refractivity contribution in [1.82, 2.24) is 0 Å². The zero-order chi connectivity index (χ0) is 13.7. The van der Waals surface area contributed by atoms with Gasteiger partial charge >= 0.3 is 0 Å². The first-order chi connectivity index (χ1) is 9.20. The van der Waals surface area contributed by atoms with E-state index in [9.17, 15) is 9.50 Å². The Bertz CT molecular complexity index is 402. The number of halogens is 1. The van der Waals surface area contributed by atoms with Crippen molar-refractivity contribution in [3.8, 4) is 5.75 Å². The van der Waals surface area contributed by atoms with Gasteiger partial charge in [0.1, 0.15) is 0 Å². The minimum absolute atomic E-state index is 0.109. The molecular formula is C15H21FO3. The molecule has 0 aliphatic carbocycles. The van der Waals surface area contributed by atoms with Crippen LogP contribution in [0.25, 0.3) is 0 Å². The highest BCUT2D eigenvalue weighted by molar-refractivity contribution is 5.31. The predicted molar refractivity (Wildman–Crippen MR) is 70.9 cm³/mol. The van der Waals surface area contributed by atoms with Gasteiger partial charge in [0.05, 0.1) is 19.3 Å². The van der Waals surface area contributed by atoms with Crippen molar-refractivity contribution in [1.29, 1.82) is 0 Å². The van der Waals surface area contributed by atoms with Gasteiger partial charge in [-0.25, -0.2) is 4.39 Å². The molecule has 2 rings (SSSR count). The summed E-state index contributed by atoms with van der Waals surface area (Å²) in [5.74, 6) is -0.160. The van der Waals surface area contributed by atoms with E-state index < -0.39 is 6.10 Å². The average molecular weight is 268 g/mol. The summed E-state index contributed by atoms with van der Waals surface area (Å²) in [5, 5.41) is 10.1. The molecule has 0 bridgehead atoms. The van der Waals surface area contributed by atoms with Gasteiger partial charge < -0.3 is 14.6 Å². The predicted octanol–water partition coefficient (Wildman–Crippen LogP) is 2.70. The summed E-state index contributed by atoms with van der Waals surface area (Å²) in [5.41, 5.74) is 0.489. The molecule has 2 atom stereocenters. The highest BCUT2D eigenvalue weighted by atomic mass is 19.1. The molecule has 3 nitrogen and oxygen atoms in total. The molecule has 1 aliphatic rings. The first kappa shape index (κ1) is 14.3. The zero-order valence-corrected chi connectivity index (χ0v) is 11.3. The third kappa shape index (κ3) is 3.91. The van der Waals surface area contributed by atoms with Gasteiger partial charge in [0.2, 0.25) is 0 Å². The van der Waals surface area contributed by atoms with Crippen LogP contribution in [0.15, 0.2) is 18.2 Å². The van der Waals surface area contributed by atoms with Crippen LogP contribution in [-0.2, 0) is 11.2 Å². The van der Waals surface area contributed by atoms with Gasteiger partial charge in [-0.05, 0) is 37.3 Å². The maximum absolute atomic E-state index is 13.9. The van der Waals surface area contributed by atoms with Crippen LogP contribution in [0.4, 0.5) is 4.39 Å². The van der Waals surface area contributed by atoms with Gasteiger partial charge in [-0.15, -0.1) is 0 Å². The molecule has 1 saturated heterocycles. The van der Waals surface area contributed by atoms with E-state index in [-0.39, 0.29) is 17.7 Å². The summed E-state index contributed by atoms with van der Waals surface area (Å²) in [4.78, 5) is 0. The summed E-state index contributed by atoms with van der Waals surface area (Å²) in [6, 6.07) is 5.00. The minimum Gasteiger partial charge on any atom is -0.494 e. The number of hydrogen-bond donors (Lipinski definition) is 1. The second-order valence-electron chi connectivity index (χ2n) is 5.02. The van der Waals surface area contributed by atoms with Crippen molar-refractivity contribution >= 4 is 0 Å². The van der Waals surface area contributed by atoms with E-state index >= 15 is 0 Å². The van der Waals surface area contributed by atoms with E-state index in [1.807, 2.05) is 0 Å². The van der Waals surface area contributed by atoms with E-state index in [0.717, 1.165) is 25.9 Å². The Morgan fingerprint density at radius 2 is 2.32 bits per heavy atom. The Morgan fingerprint density at radius 1 is 1.47 bits per heavy atom. The van der Waals surface area contributed by atoms with E-state index in [1.165, 1.54) is 7.11 Å². The Hall–Kier alpha value is -1.13. The maximum atomic E-state index is 13.9. The molecule has 0 aromatic heterocycles. The van der Waals surface area contributed by atoms with Crippen molar-refractivity contribution < 1.29 is 19.0 Å². The largest absolute Gasteiger partial charge is 0.494 e. The van der Waals surface area contributed by atoms with Crippen LogP contribution in [0.3, 0.4) is 0 Å². The summed E-state index contributed by atoms with van der Waals surface area (Å²) >= 11 is 0. The molecule has 0 radical (unpaired) electrons. The van der Waals surface area contributed by atoms with E-state index in [0.29, 0.717) is 18.4 Å². The number of aliphatic hydroxyl groups is 1. The van der Waals surface area contributed by atoms with Gasteiger partial charge in [-0.1, -0.05) is 12.1 Å². The van der Waals surface area contributed by atoms with Crippen LogP contribution in [0, 0.1) is 5.82 Å². The number of aliphatic hydroxyl groups excluding tert-OH is 1. The lowest BCUT2D eigenvalue weighted by Gasteiger charge is -2.24. The second kappa shape index (κ2) is 6.87. The lowest BCUT2D eigenvalue weighted by Crippen LogP contribution is -2.26. The number of benzene rings is 1. The normalized spacial score (nSPS) is 21.1. The summed E-state index contributed by atoms with van der Waals surface area (Å²) in [7, 11) is 1.44. The van der Waals surface area contributed by atoms with Crippen molar-refractivity contribution in [2.45, 2.75) is 44.3 Å². The monoisotopic (exact) mass is 268 g/mol. The van der Waals surface area contributed by atoms with Crippen LogP contribution in [0.2, 0.25) is 0 Å². The van der Waals surface area contributed by atoms with E-state index in [1.54, 1.807) is 18.2 Å². The zero-order valence-electron chi connectivity index (χ0n) is 11.3. The third-order valence-electron chi connectivity index (χ3n) is 3.53.